The topological polar surface area (TPSA) is 0 Å². The molecule has 0 saturated carbocycles. The molecule has 0 heterocycles. The van der Waals surface area contributed by atoms with Crippen LogP contribution in [0.1, 0.15) is 108 Å². The second-order valence-corrected chi connectivity index (χ2v) is 19.8. The van der Waals surface area contributed by atoms with E-state index in [-0.39, 0.29) is 10.8 Å². The lowest BCUT2D eigenvalue weighted by Gasteiger charge is -2.19. The molecule has 0 aliphatic carbocycles. The van der Waals surface area contributed by atoms with Crippen LogP contribution in [0.3, 0.4) is 0 Å². The molecule has 68 heavy (non-hydrogen) atoms. The maximum absolute atomic E-state index is 2.36. The van der Waals surface area contributed by atoms with Crippen LogP contribution in [0.5, 0.6) is 0 Å². The summed E-state index contributed by atoms with van der Waals surface area (Å²) >= 11 is 0. The van der Waals surface area contributed by atoms with Crippen molar-refractivity contribution in [1.29, 1.82) is 0 Å². The molecule has 0 heteroatoms. The average molecular weight is 877 g/mol. The van der Waals surface area contributed by atoms with Crippen molar-refractivity contribution < 1.29 is 0 Å². The molecule has 0 spiro atoms. The van der Waals surface area contributed by atoms with Crippen LogP contribution in [-0.2, 0) is 10.8 Å². The minimum absolute atomic E-state index is 0.102. The van der Waals surface area contributed by atoms with E-state index in [0.717, 1.165) is 27.8 Å². The molecule has 0 saturated heterocycles. The lowest BCUT2D eigenvalue weighted by molar-refractivity contribution is 0.590. The number of rotatable bonds is 11. The first-order valence-corrected chi connectivity index (χ1v) is 23.9. The van der Waals surface area contributed by atoms with Crippen LogP contribution in [0.15, 0.2) is 218 Å². The molecule has 0 fully saturated rings. The van der Waals surface area contributed by atoms with E-state index in [0.29, 0.717) is 0 Å². The summed E-state index contributed by atoms with van der Waals surface area (Å²) in [6.07, 6.45) is 13.7. The van der Waals surface area contributed by atoms with Crippen molar-refractivity contribution in [2.45, 2.75) is 52.4 Å². The van der Waals surface area contributed by atoms with E-state index in [1.807, 2.05) is 0 Å². The maximum atomic E-state index is 2.36. The van der Waals surface area contributed by atoms with Crippen LogP contribution >= 0.6 is 0 Å². The van der Waals surface area contributed by atoms with Gasteiger partial charge in [0.05, 0.1) is 0 Å². The number of hydrogen-bond donors (Lipinski definition) is 0. The monoisotopic (exact) mass is 876 g/mol. The van der Waals surface area contributed by atoms with Gasteiger partial charge in [0.15, 0.2) is 0 Å². The molecule has 0 atom stereocenters. The third-order valence-corrected chi connectivity index (χ3v) is 12.9. The van der Waals surface area contributed by atoms with Crippen molar-refractivity contribution in [2.24, 2.45) is 0 Å². The summed E-state index contributed by atoms with van der Waals surface area (Å²) in [7, 11) is 0. The van der Waals surface area contributed by atoms with Crippen LogP contribution in [0.4, 0.5) is 0 Å². The highest BCUT2D eigenvalue weighted by Crippen LogP contribution is 2.36. The molecule has 9 aromatic rings. The number of benzene rings is 9. The Morgan fingerprint density at radius 3 is 1.13 bits per heavy atom. The average Bonchev–Trinajstić information content (AvgIpc) is 3.37. The summed E-state index contributed by atoms with van der Waals surface area (Å²) in [6.45, 7) is 13.6. The molecule has 0 radical (unpaired) electrons. The summed E-state index contributed by atoms with van der Waals surface area (Å²) in [5, 5.41) is 2.46. The van der Waals surface area contributed by atoms with Crippen LogP contribution in [0.2, 0.25) is 0 Å². The van der Waals surface area contributed by atoms with Crippen molar-refractivity contribution in [3.05, 3.63) is 285 Å². The Kier molecular flexibility index (Phi) is 13.3. The van der Waals surface area contributed by atoms with Crippen LogP contribution in [0.25, 0.3) is 69.5 Å². The summed E-state index contributed by atoms with van der Waals surface area (Å²) in [5.74, 6) is 0. The molecule has 0 aliphatic heterocycles. The normalized spacial score (nSPS) is 12.6. The second kappa shape index (κ2) is 20.0. The zero-order chi connectivity index (χ0) is 47.1. The van der Waals surface area contributed by atoms with Crippen molar-refractivity contribution in [3.63, 3.8) is 0 Å². The zero-order valence-electron chi connectivity index (χ0n) is 40.2. The third kappa shape index (κ3) is 10.7. The summed E-state index contributed by atoms with van der Waals surface area (Å²) in [4.78, 5) is 0. The Bertz CT molecular complexity index is 3240. The van der Waals surface area contributed by atoms with Gasteiger partial charge in [0.25, 0.3) is 0 Å². The molecule has 0 amide bonds. The van der Waals surface area contributed by atoms with Crippen LogP contribution in [0, 0.1) is 0 Å². The third-order valence-electron chi connectivity index (χ3n) is 12.9. The molecule has 332 valence electrons. The molecule has 9 aromatic carbocycles. The van der Waals surface area contributed by atoms with Crippen LogP contribution < -0.4 is 0 Å². The van der Waals surface area contributed by atoms with Gasteiger partial charge in [0.2, 0.25) is 0 Å². The van der Waals surface area contributed by atoms with Crippen molar-refractivity contribution in [3.8, 4) is 11.1 Å². The molecule has 0 unspecified atom stereocenters. The number of fused-ring (bicyclic) bond motifs is 1. The standard InChI is InChI=1S/C68H60/c1-67(2,3)59-41-37-56(38-42-59)64(53-18-10-7-11-19-53)46-51-30-26-49(27-31-51)34-36-58-48-66(55-22-14-9-15-23-55)63-25-17-16-24-62(63)61(58)45-35-50-28-32-52(33-29-50)47-65(54-20-12-8-13-21-54)57-39-43-60(44-40-57)68(4,5)6/h7-48H,1-6H3. The maximum Gasteiger partial charge on any atom is -0.00990 e. The van der Waals surface area contributed by atoms with Gasteiger partial charge in [-0.3, -0.25) is 0 Å². The molecular weight excluding hydrogens is 817 g/mol. The highest BCUT2D eigenvalue weighted by atomic mass is 14.2. The lowest BCUT2D eigenvalue weighted by Crippen LogP contribution is -2.10. The first-order valence-electron chi connectivity index (χ1n) is 23.9. The first kappa shape index (κ1) is 45.4. The highest BCUT2D eigenvalue weighted by molar-refractivity contribution is 6.05. The summed E-state index contributed by atoms with van der Waals surface area (Å²) in [6, 6.07) is 79.3. The molecule has 9 rings (SSSR count). The quantitative estimate of drug-likeness (QED) is 0.114. The fraction of sp³-hybridized carbons (Fsp3) is 0.118. The molecule has 0 N–H and O–H groups in total. The van der Waals surface area contributed by atoms with Crippen molar-refractivity contribution >= 4 is 58.4 Å². The van der Waals surface area contributed by atoms with Gasteiger partial charge in [-0.2, -0.15) is 0 Å². The Morgan fingerprint density at radius 1 is 0.324 bits per heavy atom. The van der Waals surface area contributed by atoms with Gasteiger partial charge in [-0.25, -0.2) is 0 Å². The second-order valence-electron chi connectivity index (χ2n) is 19.8. The molecule has 0 nitrogen and oxygen atoms in total. The van der Waals surface area contributed by atoms with Gasteiger partial charge >= 0.3 is 0 Å². The largest absolute Gasteiger partial charge is 0.0622 e. The highest BCUT2D eigenvalue weighted by Gasteiger charge is 2.16. The van der Waals surface area contributed by atoms with Gasteiger partial charge < -0.3 is 0 Å². The van der Waals surface area contributed by atoms with E-state index < -0.39 is 0 Å². The first-order chi connectivity index (χ1) is 33.0. The van der Waals surface area contributed by atoms with E-state index in [1.54, 1.807) is 0 Å². The van der Waals surface area contributed by atoms with E-state index in [1.165, 1.54) is 72.0 Å². The minimum Gasteiger partial charge on any atom is -0.0622 e. The molecular formula is C68H60. The zero-order valence-corrected chi connectivity index (χ0v) is 40.2. The predicted molar refractivity (Wildman–Crippen MR) is 297 cm³/mol. The van der Waals surface area contributed by atoms with Crippen LogP contribution in [-0.4, -0.2) is 0 Å². The van der Waals surface area contributed by atoms with Crippen molar-refractivity contribution in [1.82, 2.24) is 0 Å². The number of hydrogen-bond acceptors (Lipinski definition) is 0. The van der Waals surface area contributed by atoms with E-state index in [4.69, 9.17) is 0 Å². The Hall–Kier alpha value is -7.80. The van der Waals surface area contributed by atoms with Gasteiger partial charge in [0.1, 0.15) is 0 Å². The smallest absolute Gasteiger partial charge is 0.00990 e. The Labute approximate surface area is 405 Å². The van der Waals surface area contributed by atoms with Gasteiger partial charge in [0, 0.05) is 0 Å². The molecule has 0 aromatic heterocycles. The van der Waals surface area contributed by atoms with Gasteiger partial charge in [-0.15, -0.1) is 0 Å². The van der Waals surface area contributed by atoms with Crippen molar-refractivity contribution in [2.75, 3.05) is 0 Å². The fourth-order valence-electron chi connectivity index (χ4n) is 8.91. The van der Waals surface area contributed by atoms with Gasteiger partial charge in [-0.1, -0.05) is 278 Å². The van der Waals surface area contributed by atoms with E-state index in [2.05, 4.69) is 296 Å². The Morgan fingerprint density at radius 2 is 0.691 bits per heavy atom. The lowest BCUT2D eigenvalue weighted by atomic mass is 9.85. The fourth-order valence-corrected chi connectivity index (χ4v) is 8.91. The van der Waals surface area contributed by atoms with Gasteiger partial charge in [-0.05, 0) is 129 Å². The van der Waals surface area contributed by atoms with E-state index >= 15 is 0 Å². The molecule has 0 aliphatic rings. The van der Waals surface area contributed by atoms with E-state index in [9.17, 15) is 0 Å². The summed E-state index contributed by atoms with van der Waals surface area (Å²) < 4.78 is 0. The summed E-state index contributed by atoms with van der Waals surface area (Å²) in [5.41, 5.74) is 19.5. The SMILES string of the molecule is CC(C)(C)c1ccc(C(=Cc2ccc(C=Cc3cc(-c4ccccc4)c4ccccc4c3C=Cc3ccc(C=C(c4ccccc4)c4ccc(C(C)(C)C)cc4)cc3)cc2)c2ccccc2)cc1. The Balaban J connectivity index is 1.04. The predicted octanol–water partition coefficient (Wildman–Crippen LogP) is 18.6. The minimum atomic E-state index is 0.102. The molecule has 0 bridgehead atoms.